The molecule has 2 saturated heterocycles. The molecule has 0 saturated carbocycles. The van der Waals surface area contributed by atoms with Crippen molar-refractivity contribution in [1.29, 1.82) is 0 Å². The van der Waals surface area contributed by atoms with E-state index in [4.69, 9.17) is 0 Å². The Morgan fingerprint density at radius 2 is 1.75 bits per heavy atom. The van der Waals surface area contributed by atoms with Crippen LogP contribution in [-0.2, 0) is 11.3 Å². The molecule has 5 heteroatoms. The Morgan fingerprint density at radius 3 is 2.36 bits per heavy atom. The van der Waals surface area contributed by atoms with Crippen molar-refractivity contribution in [2.75, 3.05) is 39.3 Å². The molecule has 0 aromatic heterocycles. The Hall–Kier alpha value is -1.43. The second kappa shape index (κ2) is 10.4. The normalized spacial score (nSPS) is 24.5. The molecule has 2 heterocycles. The minimum Gasteiger partial charge on any atom is -0.342 e. The van der Waals surface area contributed by atoms with E-state index in [1.165, 1.54) is 31.5 Å². The molecule has 0 radical (unpaired) electrons. The van der Waals surface area contributed by atoms with E-state index >= 15 is 0 Å². The van der Waals surface area contributed by atoms with Gasteiger partial charge in [0.05, 0.1) is 6.04 Å². The number of hydrogen-bond acceptors (Lipinski definition) is 4. The van der Waals surface area contributed by atoms with Crippen LogP contribution >= 0.6 is 0 Å². The molecule has 1 aromatic carbocycles. The summed E-state index contributed by atoms with van der Waals surface area (Å²) >= 11 is 0. The van der Waals surface area contributed by atoms with Crippen LogP contribution in [0.5, 0.6) is 0 Å². The first-order chi connectivity index (χ1) is 13.6. The molecule has 2 atom stereocenters. The molecule has 5 nitrogen and oxygen atoms in total. The SMILES string of the molecule is CCN1CCC(N[C@@H]2C[C@@H](C(=O)N(CC)CC)N(Cc3ccccc3)C2)CC1. The van der Waals surface area contributed by atoms with Crippen LogP contribution in [0.3, 0.4) is 0 Å². The van der Waals surface area contributed by atoms with Gasteiger partial charge in [-0.3, -0.25) is 9.69 Å². The first kappa shape index (κ1) is 21.3. The lowest BCUT2D eigenvalue weighted by molar-refractivity contribution is -0.135. The largest absolute Gasteiger partial charge is 0.342 e. The lowest BCUT2D eigenvalue weighted by Crippen LogP contribution is -2.46. The van der Waals surface area contributed by atoms with E-state index in [9.17, 15) is 4.79 Å². The van der Waals surface area contributed by atoms with Crippen molar-refractivity contribution in [3.05, 3.63) is 35.9 Å². The first-order valence-corrected chi connectivity index (χ1v) is 11.2. The van der Waals surface area contributed by atoms with Crippen molar-refractivity contribution in [3.8, 4) is 0 Å². The summed E-state index contributed by atoms with van der Waals surface area (Å²) < 4.78 is 0. The van der Waals surface area contributed by atoms with Gasteiger partial charge >= 0.3 is 0 Å². The molecule has 0 aliphatic carbocycles. The van der Waals surface area contributed by atoms with Gasteiger partial charge in [-0.05, 0) is 58.3 Å². The highest BCUT2D eigenvalue weighted by molar-refractivity contribution is 5.82. The molecule has 28 heavy (non-hydrogen) atoms. The fraction of sp³-hybridized carbons (Fsp3) is 0.696. The Balaban J connectivity index is 1.64. The average Bonchev–Trinajstić information content (AvgIpc) is 3.12. The Bertz CT molecular complexity index is 596. The minimum absolute atomic E-state index is 0.00617. The van der Waals surface area contributed by atoms with E-state index in [0.29, 0.717) is 18.0 Å². The highest BCUT2D eigenvalue weighted by Crippen LogP contribution is 2.24. The van der Waals surface area contributed by atoms with Gasteiger partial charge < -0.3 is 15.1 Å². The van der Waals surface area contributed by atoms with E-state index in [1.807, 2.05) is 4.90 Å². The molecule has 0 unspecified atom stereocenters. The second-order valence-electron chi connectivity index (χ2n) is 8.25. The van der Waals surface area contributed by atoms with Gasteiger partial charge in [0.2, 0.25) is 5.91 Å². The van der Waals surface area contributed by atoms with Gasteiger partial charge in [-0.15, -0.1) is 0 Å². The summed E-state index contributed by atoms with van der Waals surface area (Å²) in [6, 6.07) is 11.6. The number of benzene rings is 1. The zero-order valence-electron chi connectivity index (χ0n) is 17.9. The number of likely N-dealkylation sites (N-methyl/N-ethyl adjacent to an activating group) is 1. The van der Waals surface area contributed by atoms with Crippen LogP contribution in [0, 0.1) is 0 Å². The maximum absolute atomic E-state index is 13.2. The van der Waals surface area contributed by atoms with Gasteiger partial charge in [0, 0.05) is 38.3 Å². The topological polar surface area (TPSA) is 38.8 Å². The second-order valence-corrected chi connectivity index (χ2v) is 8.25. The van der Waals surface area contributed by atoms with E-state index in [0.717, 1.165) is 39.1 Å². The number of piperidine rings is 1. The fourth-order valence-electron chi connectivity index (χ4n) is 4.77. The van der Waals surface area contributed by atoms with Gasteiger partial charge in [-0.25, -0.2) is 0 Å². The predicted molar refractivity (Wildman–Crippen MR) is 115 cm³/mol. The van der Waals surface area contributed by atoms with Crippen LogP contribution in [0.25, 0.3) is 0 Å². The van der Waals surface area contributed by atoms with E-state index < -0.39 is 0 Å². The Labute approximate surface area is 171 Å². The third-order valence-corrected chi connectivity index (χ3v) is 6.50. The molecule has 3 rings (SSSR count). The van der Waals surface area contributed by atoms with Gasteiger partial charge in [-0.2, -0.15) is 0 Å². The van der Waals surface area contributed by atoms with Crippen LogP contribution in [-0.4, -0.2) is 78.0 Å². The molecule has 156 valence electrons. The average molecular weight is 387 g/mol. The monoisotopic (exact) mass is 386 g/mol. The highest BCUT2D eigenvalue weighted by Gasteiger charge is 2.39. The Morgan fingerprint density at radius 1 is 1.07 bits per heavy atom. The smallest absolute Gasteiger partial charge is 0.239 e. The van der Waals surface area contributed by atoms with Crippen molar-refractivity contribution in [2.45, 2.75) is 64.7 Å². The molecule has 1 N–H and O–H groups in total. The number of rotatable bonds is 8. The predicted octanol–water partition coefficient (Wildman–Crippen LogP) is 2.57. The quantitative estimate of drug-likeness (QED) is 0.745. The van der Waals surface area contributed by atoms with Crippen molar-refractivity contribution >= 4 is 5.91 Å². The van der Waals surface area contributed by atoms with Gasteiger partial charge in [0.25, 0.3) is 0 Å². The summed E-state index contributed by atoms with van der Waals surface area (Å²) in [6.07, 6.45) is 3.37. The van der Waals surface area contributed by atoms with Crippen LogP contribution in [0.15, 0.2) is 30.3 Å². The van der Waals surface area contributed by atoms with Crippen molar-refractivity contribution in [2.24, 2.45) is 0 Å². The standard InChI is InChI=1S/C23H38N4O/c1-4-25-14-12-20(13-15-25)24-21-16-22(23(28)26(5-2)6-3)27(18-21)17-19-10-8-7-9-11-19/h7-11,20-22,24H,4-6,12-18H2,1-3H3/t21-,22+/m1/s1. The lowest BCUT2D eigenvalue weighted by Gasteiger charge is -2.33. The van der Waals surface area contributed by atoms with Crippen molar-refractivity contribution < 1.29 is 4.79 Å². The molecule has 0 spiro atoms. The fourth-order valence-corrected chi connectivity index (χ4v) is 4.77. The summed E-state index contributed by atoms with van der Waals surface area (Å²) in [5.41, 5.74) is 1.29. The van der Waals surface area contributed by atoms with E-state index in [2.05, 4.69) is 66.2 Å². The molecule has 2 fully saturated rings. The Kier molecular flexibility index (Phi) is 7.89. The summed E-state index contributed by atoms with van der Waals surface area (Å²) in [7, 11) is 0. The molecular formula is C23H38N4O. The number of carbonyl (C=O) groups excluding carboxylic acids is 1. The van der Waals surface area contributed by atoms with Crippen molar-refractivity contribution in [3.63, 3.8) is 0 Å². The third-order valence-electron chi connectivity index (χ3n) is 6.50. The molecular weight excluding hydrogens is 348 g/mol. The zero-order valence-corrected chi connectivity index (χ0v) is 17.9. The van der Waals surface area contributed by atoms with Crippen molar-refractivity contribution in [1.82, 2.24) is 20.0 Å². The zero-order chi connectivity index (χ0) is 19.9. The van der Waals surface area contributed by atoms with Gasteiger partial charge in [0.15, 0.2) is 0 Å². The number of amides is 1. The number of likely N-dealkylation sites (tertiary alicyclic amines) is 2. The van der Waals surface area contributed by atoms with E-state index in [1.54, 1.807) is 0 Å². The summed E-state index contributed by atoms with van der Waals surface area (Å²) in [6.45, 7) is 13.3. The number of hydrogen-bond donors (Lipinski definition) is 1. The maximum atomic E-state index is 13.2. The first-order valence-electron chi connectivity index (χ1n) is 11.2. The van der Waals surface area contributed by atoms with Crippen LogP contribution in [0.1, 0.15) is 45.6 Å². The summed E-state index contributed by atoms with van der Waals surface area (Å²) in [4.78, 5) is 20.1. The maximum Gasteiger partial charge on any atom is 0.239 e. The van der Waals surface area contributed by atoms with Crippen LogP contribution in [0.2, 0.25) is 0 Å². The number of nitrogens with one attached hydrogen (secondary N) is 1. The highest BCUT2D eigenvalue weighted by atomic mass is 16.2. The minimum atomic E-state index is -0.00617. The number of carbonyl (C=O) groups is 1. The number of nitrogens with zero attached hydrogens (tertiary/aromatic N) is 3. The lowest BCUT2D eigenvalue weighted by atomic mass is 10.0. The molecule has 2 aliphatic heterocycles. The summed E-state index contributed by atoms with van der Waals surface area (Å²) in [5.74, 6) is 0.297. The van der Waals surface area contributed by atoms with Gasteiger partial charge in [-0.1, -0.05) is 37.3 Å². The molecule has 1 aromatic rings. The van der Waals surface area contributed by atoms with Crippen LogP contribution < -0.4 is 5.32 Å². The van der Waals surface area contributed by atoms with Crippen LogP contribution in [0.4, 0.5) is 0 Å². The molecule has 0 bridgehead atoms. The summed E-state index contributed by atoms with van der Waals surface area (Å²) in [5, 5.41) is 3.90. The molecule has 1 amide bonds. The molecule has 2 aliphatic rings. The third kappa shape index (κ3) is 5.34. The van der Waals surface area contributed by atoms with Gasteiger partial charge in [0.1, 0.15) is 0 Å². The van der Waals surface area contributed by atoms with E-state index in [-0.39, 0.29) is 6.04 Å².